The van der Waals surface area contributed by atoms with Gasteiger partial charge in [-0.25, -0.2) is 0 Å². The molecule has 0 nitrogen and oxygen atoms in total. The maximum absolute atomic E-state index is 3.41. The van der Waals surface area contributed by atoms with E-state index in [1.54, 1.807) is 22.3 Å². The molecule has 2 atom stereocenters. The zero-order valence-corrected chi connectivity index (χ0v) is 41.9. The summed E-state index contributed by atoms with van der Waals surface area (Å²) in [6.07, 6.45) is 21.0. The Morgan fingerprint density at radius 1 is 0.359 bits per heavy atom. The van der Waals surface area contributed by atoms with Crippen molar-refractivity contribution in [2.24, 2.45) is 11.8 Å². The average molecular weight is 1040 g/mol. The van der Waals surface area contributed by atoms with Gasteiger partial charge < -0.3 is 24.8 Å². The van der Waals surface area contributed by atoms with Crippen molar-refractivity contribution in [2.75, 3.05) is 0 Å². The van der Waals surface area contributed by atoms with Gasteiger partial charge in [0, 0.05) is 0 Å². The third-order valence-corrected chi connectivity index (χ3v) is 39.0. The molecule has 1 aliphatic heterocycles. The molecule has 3 heteroatoms. The summed E-state index contributed by atoms with van der Waals surface area (Å²) in [5.74, 6) is 1.43. The summed E-state index contributed by atoms with van der Waals surface area (Å²) in [7, 11) is 0. The van der Waals surface area contributed by atoms with Gasteiger partial charge in [0.25, 0.3) is 0 Å². The molecule has 0 radical (unpaired) electrons. The van der Waals surface area contributed by atoms with Crippen molar-refractivity contribution < 1.29 is 44.8 Å². The summed E-state index contributed by atoms with van der Waals surface area (Å²) in [6, 6.07) is 56.8. The fraction of sp³-hybridized carbons (Fsp3) is 0.279. The van der Waals surface area contributed by atoms with Crippen molar-refractivity contribution in [2.45, 2.75) is 86.3 Å². The standard InChI is InChI=1S/2C29H25.C3H6.2ClH.Hf/c2*1-2-9-20(10-3-1)24-18-23-13-8-16-27(28(23)19-24)29-25-14-6-4-11-21(25)17-22-12-5-7-15-26(22)29;1-3-2;;;/h2*4-8,11-20H,1-3,9-10H2;1-3H2;2*1H;/q;;;;;+2/p-2. The minimum Gasteiger partial charge on any atom is -1.00 e. The van der Waals surface area contributed by atoms with Crippen molar-refractivity contribution in [3.05, 3.63) is 179 Å². The van der Waals surface area contributed by atoms with E-state index < -0.39 is 20.0 Å². The van der Waals surface area contributed by atoms with Crippen LogP contribution in [0.2, 0.25) is 8.35 Å². The zero-order chi connectivity index (χ0) is 40.8. The Morgan fingerprint density at radius 3 is 1.06 bits per heavy atom. The largest absolute Gasteiger partial charge is 1.00 e. The molecule has 1 heterocycles. The Morgan fingerprint density at radius 2 is 0.719 bits per heavy atom. The molecule has 0 bridgehead atoms. The monoisotopic (exact) mass is 1040 g/mol. The topological polar surface area (TPSA) is 0 Å². The van der Waals surface area contributed by atoms with E-state index in [4.69, 9.17) is 0 Å². The summed E-state index contributed by atoms with van der Waals surface area (Å²) < 4.78 is 4.36. The fourth-order valence-electron chi connectivity index (χ4n) is 14.1. The van der Waals surface area contributed by atoms with E-state index in [0.29, 0.717) is 19.2 Å². The van der Waals surface area contributed by atoms with Crippen LogP contribution in [0.15, 0.2) is 157 Å². The van der Waals surface area contributed by atoms with Gasteiger partial charge in [-0.15, -0.1) is 0 Å². The molecule has 13 rings (SSSR count). The molecule has 3 fully saturated rings. The fourth-order valence-corrected chi connectivity index (χ4v) is 37.0. The number of allylic oxidation sites excluding steroid dienone is 2. The van der Waals surface area contributed by atoms with E-state index in [1.807, 2.05) is 11.1 Å². The SMILES string of the molecule is C1=C(C2CCCCC2)[CH]([Hf+2]2([CH]3C(C4CCCCC4)=Cc4c(-c5c6ccccc6cc6ccccc56)cccc43)[CH2]C[CH2]2)c2cccc(-c3c4ccccc4cc4ccccc34)c21.[Cl-].[Cl-]. The summed E-state index contributed by atoms with van der Waals surface area (Å²) in [5, 5.41) is 10.9. The van der Waals surface area contributed by atoms with Crippen molar-refractivity contribution >= 4 is 55.2 Å². The van der Waals surface area contributed by atoms with Gasteiger partial charge in [0.05, 0.1) is 0 Å². The van der Waals surface area contributed by atoms with Crippen LogP contribution in [0.4, 0.5) is 0 Å². The molecular weight excluding hydrogens is 982 g/mol. The van der Waals surface area contributed by atoms with Crippen molar-refractivity contribution in [1.29, 1.82) is 0 Å². The van der Waals surface area contributed by atoms with Crippen LogP contribution in [0, 0.1) is 11.8 Å². The van der Waals surface area contributed by atoms with Crippen LogP contribution >= 0.6 is 0 Å². The first-order chi connectivity index (χ1) is 30.7. The molecular formula is C61H56Cl2Hf. The number of halogens is 2. The van der Waals surface area contributed by atoms with Crippen LogP contribution in [0.25, 0.3) is 77.5 Å². The van der Waals surface area contributed by atoms with Gasteiger partial charge in [-0.3, -0.25) is 0 Å². The van der Waals surface area contributed by atoms with Crippen molar-refractivity contribution in [3.8, 4) is 22.3 Å². The van der Waals surface area contributed by atoms with Gasteiger partial charge in [0.2, 0.25) is 0 Å². The third-order valence-electron chi connectivity index (χ3n) is 16.9. The summed E-state index contributed by atoms with van der Waals surface area (Å²) in [5.41, 5.74) is 16.2. The van der Waals surface area contributed by atoms with Crippen LogP contribution in [-0.2, 0) is 20.0 Å². The number of hydrogen-bond donors (Lipinski definition) is 0. The second kappa shape index (κ2) is 17.2. The molecule has 2 unspecified atom stereocenters. The molecule has 8 aromatic carbocycles. The maximum Gasteiger partial charge on any atom is -1.00 e. The predicted octanol–water partition coefficient (Wildman–Crippen LogP) is 11.8. The average Bonchev–Trinajstić information content (AvgIpc) is 3.91. The summed E-state index contributed by atoms with van der Waals surface area (Å²) >= 11 is -3.41. The van der Waals surface area contributed by atoms with E-state index in [0.717, 1.165) is 0 Å². The quantitative estimate of drug-likeness (QED) is 0.115. The Labute approximate surface area is 396 Å². The zero-order valence-electron chi connectivity index (χ0n) is 36.8. The number of fused-ring (bicyclic) bond motifs is 6. The van der Waals surface area contributed by atoms with E-state index in [1.165, 1.54) is 144 Å². The van der Waals surface area contributed by atoms with Crippen molar-refractivity contribution in [1.82, 2.24) is 0 Å². The van der Waals surface area contributed by atoms with Crippen LogP contribution in [-0.4, -0.2) is 0 Å². The number of hydrogen-bond acceptors (Lipinski definition) is 0. The minimum atomic E-state index is -3.41. The van der Waals surface area contributed by atoms with E-state index in [-0.39, 0.29) is 24.8 Å². The molecule has 0 amide bonds. The molecule has 0 aromatic heterocycles. The number of benzene rings is 8. The molecule has 318 valence electrons. The third kappa shape index (κ3) is 6.60. The van der Waals surface area contributed by atoms with Crippen LogP contribution in [0.1, 0.15) is 100 Å². The van der Waals surface area contributed by atoms with Crippen LogP contribution in [0.3, 0.4) is 0 Å². The van der Waals surface area contributed by atoms with Gasteiger partial charge in [0.15, 0.2) is 0 Å². The van der Waals surface area contributed by atoms with Gasteiger partial charge in [-0.05, 0) is 0 Å². The second-order valence-corrected chi connectivity index (χ2v) is 36.5. The van der Waals surface area contributed by atoms with E-state index in [9.17, 15) is 0 Å². The summed E-state index contributed by atoms with van der Waals surface area (Å²) in [6.45, 7) is 0. The van der Waals surface area contributed by atoms with Gasteiger partial charge >= 0.3 is 375 Å². The molecule has 5 aliphatic rings. The predicted molar refractivity (Wildman–Crippen MR) is 263 cm³/mol. The van der Waals surface area contributed by atoms with E-state index in [2.05, 4.69) is 158 Å². The molecule has 8 aromatic rings. The molecule has 2 saturated carbocycles. The van der Waals surface area contributed by atoms with Crippen molar-refractivity contribution in [3.63, 3.8) is 0 Å². The maximum atomic E-state index is 2.85. The van der Waals surface area contributed by atoms with Gasteiger partial charge in [-0.2, -0.15) is 0 Å². The van der Waals surface area contributed by atoms with Crippen LogP contribution in [0.5, 0.6) is 0 Å². The molecule has 1 saturated heterocycles. The first kappa shape index (κ1) is 42.4. The molecule has 4 aliphatic carbocycles. The minimum absolute atomic E-state index is 0. The Bertz CT molecular complexity index is 2840. The van der Waals surface area contributed by atoms with Gasteiger partial charge in [0.1, 0.15) is 0 Å². The normalized spacial score (nSPS) is 20.1. The van der Waals surface area contributed by atoms with E-state index >= 15 is 0 Å². The second-order valence-electron chi connectivity index (χ2n) is 19.9. The first-order valence-corrected chi connectivity index (χ1v) is 33.5. The Hall–Kier alpha value is -4.27. The number of rotatable bonds is 6. The first-order valence-electron chi connectivity index (χ1n) is 24.3. The van der Waals surface area contributed by atoms with Gasteiger partial charge in [-0.1, -0.05) is 0 Å². The van der Waals surface area contributed by atoms with Crippen LogP contribution < -0.4 is 24.8 Å². The molecule has 0 spiro atoms. The summed E-state index contributed by atoms with van der Waals surface area (Å²) in [4.78, 5) is 0. The Kier molecular flexibility index (Phi) is 11.4. The molecule has 64 heavy (non-hydrogen) atoms. The smallest absolute Gasteiger partial charge is 1.00 e. The molecule has 0 N–H and O–H groups in total. The Balaban J connectivity index is 0.00000228.